The molecule has 0 saturated carbocycles. The fraction of sp³-hybridized carbons (Fsp3) is 0.242. The van der Waals surface area contributed by atoms with E-state index in [1.807, 2.05) is 20.8 Å². The zero-order valence-corrected chi connectivity index (χ0v) is 25.5. The van der Waals surface area contributed by atoms with E-state index in [0.717, 1.165) is 6.07 Å². The molecule has 2 heterocycles. The normalized spacial score (nSPS) is 11.7. The molecule has 238 valence electrons. The van der Waals surface area contributed by atoms with Crippen molar-refractivity contribution in [1.82, 2.24) is 10.3 Å². The summed E-state index contributed by atoms with van der Waals surface area (Å²) >= 11 is 0. The number of aromatic nitrogens is 1. The number of amides is 3. The van der Waals surface area contributed by atoms with E-state index in [2.05, 4.69) is 27.0 Å². The quantitative estimate of drug-likeness (QED) is 0.139. The zero-order valence-electron chi connectivity index (χ0n) is 25.5. The van der Waals surface area contributed by atoms with Gasteiger partial charge in [-0.2, -0.15) is 5.26 Å². The van der Waals surface area contributed by atoms with Gasteiger partial charge in [-0.05, 0) is 53.4 Å². The third-order valence-electron chi connectivity index (χ3n) is 6.85. The Hall–Kier alpha value is -5.74. The van der Waals surface area contributed by atoms with E-state index in [0.29, 0.717) is 22.4 Å². The molecule has 2 aromatic heterocycles. The van der Waals surface area contributed by atoms with Crippen LogP contribution in [0, 0.1) is 22.6 Å². The lowest BCUT2D eigenvalue weighted by Crippen LogP contribution is -2.45. The van der Waals surface area contributed by atoms with Gasteiger partial charge in [-0.25, -0.2) is 14.2 Å². The van der Waals surface area contributed by atoms with Crippen LogP contribution in [0.2, 0.25) is 0 Å². The molecule has 4 N–H and O–H groups in total. The molecule has 0 spiro atoms. The average molecular weight is 630 g/mol. The van der Waals surface area contributed by atoms with Crippen LogP contribution in [0.25, 0.3) is 22.4 Å². The van der Waals surface area contributed by atoms with E-state index in [1.54, 1.807) is 30.3 Å². The van der Waals surface area contributed by atoms with Crippen molar-refractivity contribution < 1.29 is 37.8 Å². The predicted molar refractivity (Wildman–Crippen MR) is 167 cm³/mol. The van der Waals surface area contributed by atoms with Gasteiger partial charge in [0, 0.05) is 42.5 Å². The summed E-state index contributed by atoms with van der Waals surface area (Å²) in [7, 11) is 1.41. The first-order chi connectivity index (χ1) is 21.9. The fourth-order valence-electron chi connectivity index (χ4n) is 4.53. The predicted octanol–water partition coefficient (Wildman–Crippen LogP) is 6.27. The molecule has 13 heteroatoms. The molecule has 0 aliphatic heterocycles. The standard InChI is InChI=1S/C33H32FN5O7/c1-33(2,3)28(38-32(42)43)16-29(40)36-21-8-5-7-19(13-21)23-15-25(22-11-10-20(34)14-27(22)46-18-44-4)37-30(24(23)17-35)39-31(41)26-9-6-12-45-26/h5-15,28,38H,16,18H2,1-4H3,(H,36,40)(H,42,43)(H,37,39,41). The van der Waals surface area contributed by atoms with Crippen LogP contribution in [0.1, 0.15) is 43.3 Å². The molecule has 2 aromatic carbocycles. The van der Waals surface area contributed by atoms with E-state index in [-0.39, 0.29) is 41.8 Å². The molecule has 0 radical (unpaired) electrons. The van der Waals surface area contributed by atoms with Crippen molar-refractivity contribution in [2.75, 3.05) is 24.5 Å². The zero-order chi connectivity index (χ0) is 33.4. The lowest BCUT2D eigenvalue weighted by Gasteiger charge is -2.30. The molecule has 0 aliphatic carbocycles. The molecule has 1 unspecified atom stereocenters. The number of halogens is 1. The fourth-order valence-corrected chi connectivity index (χ4v) is 4.53. The van der Waals surface area contributed by atoms with Gasteiger partial charge in [-0.3, -0.25) is 9.59 Å². The van der Waals surface area contributed by atoms with Gasteiger partial charge in [0.1, 0.15) is 23.2 Å². The van der Waals surface area contributed by atoms with Gasteiger partial charge in [0.2, 0.25) is 5.91 Å². The van der Waals surface area contributed by atoms with E-state index in [4.69, 9.17) is 13.9 Å². The average Bonchev–Trinajstić information content (AvgIpc) is 3.54. The Morgan fingerprint density at radius 3 is 2.50 bits per heavy atom. The minimum absolute atomic E-state index is 0.00654. The molecule has 4 rings (SSSR count). The number of pyridine rings is 1. The molecule has 0 fully saturated rings. The third-order valence-corrected chi connectivity index (χ3v) is 6.85. The second kappa shape index (κ2) is 14.4. The molecular formula is C33H32FN5O7. The van der Waals surface area contributed by atoms with Crippen molar-refractivity contribution in [1.29, 1.82) is 5.26 Å². The number of carbonyl (C=O) groups is 3. The first-order valence-electron chi connectivity index (χ1n) is 14.0. The molecular weight excluding hydrogens is 597 g/mol. The van der Waals surface area contributed by atoms with Gasteiger partial charge in [0.25, 0.3) is 5.91 Å². The first kappa shape index (κ1) is 33.2. The Morgan fingerprint density at radius 2 is 1.85 bits per heavy atom. The largest absolute Gasteiger partial charge is 0.467 e. The number of anilines is 2. The van der Waals surface area contributed by atoms with Crippen LogP contribution in [0.4, 0.5) is 20.7 Å². The highest BCUT2D eigenvalue weighted by Crippen LogP contribution is 2.37. The summed E-state index contributed by atoms with van der Waals surface area (Å²) in [6, 6.07) is 16.5. The molecule has 0 bridgehead atoms. The summed E-state index contributed by atoms with van der Waals surface area (Å²) in [5.74, 6) is -1.65. The smallest absolute Gasteiger partial charge is 0.404 e. The number of methoxy groups -OCH3 is 1. The number of nitrogens with one attached hydrogen (secondary N) is 3. The topological polar surface area (TPSA) is 176 Å². The lowest BCUT2D eigenvalue weighted by molar-refractivity contribution is -0.117. The van der Waals surface area contributed by atoms with E-state index < -0.39 is 35.2 Å². The molecule has 1 atom stereocenters. The number of ether oxygens (including phenoxy) is 2. The third kappa shape index (κ3) is 8.25. The van der Waals surface area contributed by atoms with E-state index in [9.17, 15) is 29.1 Å². The maximum absolute atomic E-state index is 14.2. The van der Waals surface area contributed by atoms with Gasteiger partial charge in [-0.15, -0.1) is 0 Å². The Kier molecular flexibility index (Phi) is 10.4. The maximum Gasteiger partial charge on any atom is 0.404 e. The summed E-state index contributed by atoms with van der Waals surface area (Å²) in [4.78, 5) is 41.8. The number of carbonyl (C=O) groups excluding carboxylic acids is 2. The number of nitriles is 1. The SMILES string of the molecule is COCOc1cc(F)ccc1-c1cc(-c2cccc(NC(=O)CC(NC(=O)O)C(C)(C)C)c2)c(C#N)c(NC(=O)c2ccco2)n1. The second-order valence-electron chi connectivity index (χ2n) is 11.2. The first-order valence-corrected chi connectivity index (χ1v) is 14.0. The van der Waals surface area contributed by atoms with Gasteiger partial charge >= 0.3 is 6.09 Å². The molecule has 0 saturated heterocycles. The van der Waals surface area contributed by atoms with Gasteiger partial charge < -0.3 is 34.9 Å². The van der Waals surface area contributed by atoms with Crippen LogP contribution in [0.3, 0.4) is 0 Å². The van der Waals surface area contributed by atoms with Crippen molar-refractivity contribution >= 4 is 29.4 Å². The van der Waals surface area contributed by atoms with Gasteiger partial charge in [0.15, 0.2) is 18.4 Å². The molecule has 3 amide bonds. The Balaban J connectivity index is 1.78. The highest BCUT2D eigenvalue weighted by atomic mass is 19.1. The summed E-state index contributed by atoms with van der Waals surface area (Å²) in [5.41, 5.74) is 1.24. The highest BCUT2D eigenvalue weighted by molar-refractivity contribution is 6.03. The molecule has 4 aromatic rings. The van der Waals surface area contributed by atoms with Crippen molar-refractivity contribution in [3.8, 4) is 34.2 Å². The second-order valence-corrected chi connectivity index (χ2v) is 11.2. The Labute approximate surface area is 264 Å². The highest BCUT2D eigenvalue weighted by Gasteiger charge is 2.29. The van der Waals surface area contributed by atoms with Crippen LogP contribution in [0.5, 0.6) is 5.75 Å². The van der Waals surface area contributed by atoms with Crippen LogP contribution in [-0.4, -0.2) is 47.9 Å². The monoisotopic (exact) mass is 629 g/mol. The van der Waals surface area contributed by atoms with Crippen molar-refractivity contribution in [3.05, 3.63) is 84.1 Å². The van der Waals surface area contributed by atoms with Crippen molar-refractivity contribution in [2.45, 2.75) is 33.2 Å². The number of benzene rings is 2. The minimum Gasteiger partial charge on any atom is -0.467 e. The number of nitrogens with zero attached hydrogens (tertiary/aromatic N) is 2. The molecule has 0 aliphatic rings. The van der Waals surface area contributed by atoms with Crippen molar-refractivity contribution in [3.63, 3.8) is 0 Å². The van der Waals surface area contributed by atoms with Gasteiger partial charge in [0.05, 0.1) is 12.0 Å². The van der Waals surface area contributed by atoms with Crippen LogP contribution < -0.4 is 20.7 Å². The van der Waals surface area contributed by atoms with Crippen LogP contribution in [0.15, 0.2) is 71.3 Å². The summed E-state index contributed by atoms with van der Waals surface area (Å²) in [5, 5.41) is 27.3. The van der Waals surface area contributed by atoms with Crippen molar-refractivity contribution in [2.24, 2.45) is 5.41 Å². The number of carboxylic acid groups (broad SMARTS) is 1. The van der Waals surface area contributed by atoms with Gasteiger partial charge in [-0.1, -0.05) is 32.9 Å². The number of rotatable bonds is 11. The lowest BCUT2D eigenvalue weighted by atomic mass is 9.84. The van der Waals surface area contributed by atoms with E-state index in [1.165, 1.54) is 37.6 Å². The maximum atomic E-state index is 14.2. The Bertz CT molecular complexity index is 1780. The number of hydrogen-bond donors (Lipinski definition) is 4. The number of furan rings is 1. The Morgan fingerprint density at radius 1 is 1.07 bits per heavy atom. The van der Waals surface area contributed by atoms with E-state index >= 15 is 0 Å². The van der Waals surface area contributed by atoms with Crippen LogP contribution in [-0.2, 0) is 9.53 Å². The molecule has 12 nitrogen and oxygen atoms in total. The number of hydrogen-bond acceptors (Lipinski definition) is 8. The minimum atomic E-state index is -1.24. The van der Waals surface area contributed by atoms with Crippen LogP contribution >= 0.6 is 0 Å². The summed E-state index contributed by atoms with van der Waals surface area (Å²) in [6.07, 6.45) is -0.0333. The summed E-state index contributed by atoms with van der Waals surface area (Å²) < 4.78 is 30.0. The molecule has 46 heavy (non-hydrogen) atoms. The summed E-state index contributed by atoms with van der Waals surface area (Å²) in [6.45, 7) is 5.28.